The summed E-state index contributed by atoms with van der Waals surface area (Å²) in [7, 11) is 1.60. The van der Waals surface area contributed by atoms with E-state index in [0.29, 0.717) is 17.2 Å². The molecule has 1 amide bonds. The molecule has 0 unspecified atom stereocenters. The lowest BCUT2D eigenvalue weighted by molar-refractivity contribution is -0.118. The number of anilines is 1. The van der Waals surface area contributed by atoms with Crippen LogP contribution in [0, 0.1) is 0 Å². The normalized spacial score (nSPS) is 11.1. The fourth-order valence-electron chi connectivity index (χ4n) is 1.70. The summed E-state index contributed by atoms with van der Waals surface area (Å²) in [6, 6.07) is 13.1. The second kappa shape index (κ2) is 8.99. The molecule has 0 fully saturated rings. The average Bonchev–Trinajstić information content (AvgIpc) is 2.56. The molecule has 0 radical (unpaired) electrons. The van der Waals surface area contributed by atoms with E-state index in [-0.39, 0.29) is 12.4 Å². The highest BCUT2D eigenvalue weighted by Crippen LogP contribution is 2.24. The fourth-order valence-corrected chi connectivity index (χ4v) is 1.70. The molecule has 0 aromatic heterocycles. The Morgan fingerprint density at radius 2 is 1.57 bits per heavy atom. The Labute approximate surface area is 140 Å². The Morgan fingerprint density at radius 1 is 1.09 bits per heavy atom. The number of aliphatic hydroxyl groups is 1. The van der Waals surface area contributed by atoms with Gasteiger partial charge in [-0.05, 0) is 48.5 Å². The van der Waals surface area contributed by atoms with Gasteiger partial charge in [-0.15, -0.1) is 12.4 Å². The summed E-state index contributed by atoms with van der Waals surface area (Å²) in [5.74, 6) is 1.63. The predicted octanol–water partition coefficient (Wildman–Crippen LogP) is 2.17. The van der Waals surface area contributed by atoms with Gasteiger partial charge in [0.05, 0.1) is 13.7 Å². The molecule has 23 heavy (non-hydrogen) atoms. The van der Waals surface area contributed by atoms with E-state index in [2.05, 4.69) is 5.32 Å². The number of hydrogen-bond acceptors (Lipinski definition) is 5. The quantitative estimate of drug-likeness (QED) is 0.750. The van der Waals surface area contributed by atoms with Crippen molar-refractivity contribution < 1.29 is 19.4 Å². The van der Waals surface area contributed by atoms with E-state index in [4.69, 9.17) is 20.3 Å². The van der Waals surface area contributed by atoms with Crippen LogP contribution in [0.3, 0.4) is 0 Å². The number of carbonyl (C=O) groups is 1. The molecule has 2 aromatic rings. The van der Waals surface area contributed by atoms with Gasteiger partial charge in [-0.2, -0.15) is 0 Å². The summed E-state index contributed by atoms with van der Waals surface area (Å²) < 4.78 is 10.8. The van der Waals surface area contributed by atoms with Crippen molar-refractivity contribution in [3.8, 4) is 17.2 Å². The van der Waals surface area contributed by atoms with Gasteiger partial charge in [0.1, 0.15) is 23.3 Å². The molecule has 4 N–H and O–H groups in total. The van der Waals surface area contributed by atoms with Crippen LogP contribution in [0.4, 0.5) is 5.69 Å². The van der Waals surface area contributed by atoms with Gasteiger partial charge in [0, 0.05) is 5.69 Å². The molecule has 0 bridgehead atoms. The van der Waals surface area contributed by atoms with Gasteiger partial charge in [-0.3, -0.25) is 4.79 Å². The van der Waals surface area contributed by atoms with Crippen molar-refractivity contribution in [2.24, 2.45) is 5.73 Å². The van der Waals surface area contributed by atoms with Gasteiger partial charge >= 0.3 is 0 Å². The minimum Gasteiger partial charge on any atom is -0.497 e. The summed E-state index contributed by atoms with van der Waals surface area (Å²) in [5.41, 5.74) is 6.00. The summed E-state index contributed by atoms with van der Waals surface area (Å²) >= 11 is 0. The Bertz CT molecular complexity index is 617. The van der Waals surface area contributed by atoms with E-state index >= 15 is 0 Å². The SMILES string of the molecule is COc1ccc(Oc2ccc(NC(=O)[C@@H](N)CO)cc2)cc1.Cl. The molecule has 6 nitrogen and oxygen atoms in total. The maximum atomic E-state index is 11.5. The Morgan fingerprint density at radius 3 is 2.04 bits per heavy atom. The highest BCUT2D eigenvalue weighted by Gasteiger charge is 2.11. The average molecular weight is 339 g/mol. The summed E-state index contributed by atoms with van der Waals surface area (Å²) in [5, 5.41) is 11.4. The lowest BCUT2D eigenvalue weighted by Crippen LogP contribution is -2.38. The zero-order valence-electron chi connectivity index (χ0n) is 12.6. The summed E-state index contributed by atoms with van der Waals surface area (Å²) in [6.45, 7) is -0.398. The first-order valence-corrected chi connectivity index (χ1v) is 6.71. The van der Waals surface area contributed by atoms with E-state index in [0.717, 1.165) is 5.75 Å². The van der Waals surface area contributed by atoms with Gasteiger partial charge in [0.25, 0.3) is 0 Å². The van der Waals surface area contributed by atoms with Crippen LogP contribution in [0.25, 0.3) is 0 Å². The van der Waals surface area contributed by atoms with Gasteiger partial charge in [-0.1, -0.05) is 0 Å². The summed E-state index contributed by atoms with van der Waals surface area (Å²) in [6.07, 6.45) is 0. The molecule has 0 aliphatic carbocycles. The second-order valence-electron chi connectivity index (χ2n) is 4.58. The van der Waals surface area contributed by atoms with Gasteiger partial charge in [0.15, 0.2) is 0 Å². The number of aliphatic hydroxyl groups excluding tert-OH is 1. The van der Waals surface area contributed by atoms with Crippen molar-refractivity contribution in [3.05, 3.63) is 48.5 Å². The molecule has 0 heterocycles. The number of halogens is 1. The van der Waals surface area contributed by atoms with Crippen LogP contribution < -0.4 is 20.5 Å². The van der Waals surface area contributed by atoms with Crippen molar-refractivity contribution in [1.82, 2.24) is 0 Å². The molecule has 0 saturated carbocycles. The maximum absolute atomic E-state index is 11.5. The number of hydrogen-bond donors (Lipinski definition) is 3. The first kappa shape index (κ1) is 18.8. The van der Waals surface area contributed by atoms with Crippen LogP contribution >= 0.6 is 12.4 Å². The van der Waals surface area contributed by atoms with E-state index in [9.17, 15) is 4.79 Å². The number of rotatable bonds is 6. The number of amides is 1. The number of ether oxygens (including phenoxy) is 2. The third-order valence-electron chi connectivity index (χ3n) is 2.95. The Kier molecular flexibility index (Phi) is 7.34. The minimum atomic E-state index is -0.935. The van der Waals surface area contributed by atoms with Crippen molar-refractivity contribution in [2.45, 2.75) is 6.04 Å². The van der Waals surface area contributed by atoms with E-state index < -0.39 is 18.6 Å². The van der Waals surface area contributed by atoms with Crippen molar-refractivity contribution in [3.63, 3.8) is 0 Å². The molecule has 0 spiro atoms. The zero-order valence-corrected chi connectivity index (χ0v) is 13.4. The van der Waals surface area contributed by atoms with Crippen LogP contribution in [0.5, 0.6) is 17.2 Å². The first-order valence-electron chi connectivity index (χ1n) is 6.71. The molecular weight excluding hydrogens is 320 g/mol. The van der Waals surface area contributed by atoms with Crippen molar-refractivity contribution >= 4 is 24.0 Å². The number of carbonyl (C=O) groups excluding carboxylic acids is 1. The molecule has 2 aromatic carbocycles. The highest BCUT2D eigenvalue weighted by atomic mass is 35.5. The number of nitrogens with one attached hydrogen (secondary N) is 1. The minimum absolute atomic E-state index is 0. The Balaban J connectivity index is 0.00000264. The molecule has 0 saturated heterocycles. The van der Waals surface area contributed by atoms with Crippen LogP contribution in [0.1, 0.15) is 0 Å². The van der Waals surface area contributed by atoms with Gasteiger partial charge in [-0.25, -0.2) is 0 Å². The zero-order chi connectivity index (χ0) is 15.9. The van der Waals surface area contributed by atoms with Crippen LogP contribution in [-0.4, -0.2) is 30.8 Å². The van der Waals surface area contributed by atoms with E-state index in [1.165, 1.54) is 0 Å². The third-order valence-corrected chi connectivity index (χ3v) is 2.95. The highest BCUT2D eigenvalue weighted by molar-refractivity contribution is 5.94. The van der Waals surface area contributed by atoms with Crippen LogP contribution in [-0.2, 0) is 4.79 Å². The molecule has 1 atom stereocenters. The smallest absolute Gasteiger partial charge is 0.243 e. The molecule has 0 aliphatic heterocycles. The fraction of sp³-hybridized carbons (Fsp3) is 0.188. The lowest BCUT2D eigenvalue weighted by Gasteiger charge is -2.10. The standard InChI is InChI=1S/C16H18N2O4.ClH/c1-21-12-6-8-14(9-7-12)22-13-4-2-11(3-5-13)18-16(20)15(17)10-19;/h2-9,15,19H,10,17H2,1H3,(H,18,20);1H/t15-;/m0./s1. The number of nitrogens with two attached hydrogens (primary N) is 1. The van der Waals surface area contributed by atoms with Gasteiger partial charge < -0.3 is 25.6 Å². The molecule has 0 aliphatic rings. The number of methoxy groups -OCH3 is 1. The monoisotopic (exact) mass is 338 g/mol. The van der Waals surface area contributed by atoms with E-state index in [1.807, 2.05) is 0 Å². The third kappa shape index (κ3) is 5.45. The molecular formula is C16H19ClN2O4. The topological polar surface area (TPSA) is 93.8 Å². The van der Waals surface area contributed by atoms with Crippen molar-refractivity contribution in [2.75, 3.05) is 19.0 Å². The summed E-state index contributed by atoms with van der Waals surface area (Å²) in [4.78, 5) is 11.5. The second-order valence-corrected chi connectivity index (χ2v) is 4.58. The first-order chi connectivity index (χ1) is 10.6. The molecule has 124 valence electrons. The molecule has 7 heteroatoms. The molecule has 2 rings (SSSR count). The maximum Gasteiger partial charge on any atom is 0.243 e. The Hall–Kier alpha value is -2.28. The van der Waals surface area contributed by atoms with E-state index in [1.54, 1.807) is 55.6 Å². The lowest BCUT2D eigenvalue weighted by atomic mass is 10.2. The number of benzene rings is 2. The van der Waals surface area contributed by atoms with Crippen molar-refractivity contribution in [1.29, 1.82) is 0 Å². The van der Waals surface area contributed by atoms with Crippen LogP contribution in [0.15, 0.2) is 48.5 Å². The largest absolute Gasteiger partial charge is 0.497 e. The van der Waals surface area contributed by atoms with Gasteiger partial charge in [0.2, 0.25) is 5.91 Å². The predicted molar refractivity (Wildman–Crippen MR) is 90.4 cm³/mol. The van der Waals surface area contributed by atoms with Crippen LogP contribution in [0.2, 0.25) is 0 Å².